The standard InChI is InChI=1S/C61H62O12/c62-59(50-34-20-7-21-35-50)73-58-56(68-40-48-30-16-5-17-31-48)53(65-37-45-24-10-2-11-25-45)51(42-64-36-44-22-8-1-9-23-44)72-61(58)70-43-52-54(66-38-46-26-12-3-13-27-46)55(67-39-47-28-14-4-15-29-47)57(60(63)71-52)69-41-49-32-18-6-19-33-49/h1-35,51-58,60-61,63H,36-43H2/t51-,52-,53-,54-,55+,56+,57-,58-,60+,61?/m1/s1. The fourth-order valence-corrected chi connectivity index (χ4v) is 8.92. The lowest BCUT2D eigenvalue weighted by Gasteiger charge is -2.47. The Labute approximate surface area is 427 Å². The summed E-state index contributed by atoms with van der Waals surface area (Å²) in [6.45, 7) is 1.06. The Morgan fingerprint density at radius 3 is 1.10 bits per heavy atom. The summed E-state index contributed by atoms with van der Waals surface area (Å²) < 4.78 is 66.9. The molecule has 0 saturated carbocycles. The Morgan fingerprint density at radius 1 is 0.356 bits per heavy atom. The van der Waals surface area contributed by atoms with Gasteiger partial charge in [0.25, 0.3) is 0 Å². The maximum absolute atomic E-state index is 14.3. The van der Waals surface area contributed by atoms with Crippen molar-refractivity contribution in [1.82, 2.24) is 0 Å². The van der Waals surface area contributed by atoms with Gasteiger partial charge in [0.15, 0.2) is 18.7 Å². The molecule has 12 heteroatoms. The second kappa shape index (κ2) is 27.1. The van der Waals surface area contributed by atoms with E-state index in [0.29, 0.717) is 12.2 Å². The summed E-state index contributed by atoms with van der Waals surface area (Å²) in [5.74, 6) is -0.613. The van der Waals surface area contributed by atoms with Crippen LogP contribution in [0.15, 0.2) is 212 Å². The van der Waals surface area contributed by atoms with Gasteiger partial charge in [-0.25, -0.2) is 4.79 Å². The molecule has 378 valence electrons. The molecule has 10 atom stereocenters. The van der Waals surface area contributed by atoms with Crippen LogP contribution in [0.5, 0.6) is 0 Å². The molecule has 2 aliphatic rings. The number of benzene rings is 7. The maximum atomic E-state index is 14.3. The molecule has 9 rings (SSSR count). The van der Waals surface area contributed by atoms with Crippen LogP contribution in [0.3, 0.4) is 0 Å². The number of aliphatic hydroxyl groups excluding tert-OH is 1. The van der Waals surface area contributed by atoms with Gasteiger partial charge in [0, 0.05) is 0 Å². The van der Waals surface area contributed by atoms with Crippen LogP contribution in [0.1, 0.15) is 43.7 Å². The van der Waals surface area contributed by atoms with Crippen LogP contribution in [0, 0.1) is 0 Å². The van der Waals surface area contributed by atoms with E-state index in [1.807, 2.05) is 188 Å². The van der Waals surface area contributed by atoms with Crippen LogP contribution >= 0.6 is 0 Å². The average Bonchev–Trinajstić information content (AvgIpc) is 3.44. The third kappa shape index (κ3) is 14.9. The molecule has 0 bridgehead atoms. The topological polar surface area (TPSA) is 130 Å². The Kier molecular flexibility index (Phi) is 19.1. The molecule has 0 spiro atoms. The van der Waals surface area contributed by atoms with Gasteiger partial charge < -0.3 is 52.5 Å². The summed E-state index contributed by atoms with van der Waals surface area (Å²) >= 11 is 0. The highest BCUT2D eigenvalue weighted by molar-refractivity contribution is 5.89. The number of carbonyl (C=O) groups is 1. The molecule has 1 unspecified atom stereocenters. The number of ether oxygens (including phenoxy) is 10. The van der Waals surface area contributed by atoms with Crippen LogP contribution in [0.4, 0.5) is 0 Å². The monoisotopic (exact) mass is 986 g/mol. The van der Waals surface area contributed by atoms with Crippen molar-refractivity contribution in [1.29, 1.82) is 0 Å². The normalized spacial score (nSPS) is 23.9. The van der Waals surface area contributed by atoms with E-state index in [2.05, 4.69) is 0 Å². The van der Waals surface area contributed by atoms with Crippen molar-refractivity contribution in [2.45, 2.75) is 101 Å². The van der Waals surface area contributed by atoms with E-state index >= 15 is 0 Å². The number of aliphatic hydroxyl groups is 1. The molecule has 7 aromatic carbocycles. The van der Waals surface area contributed by atoms with Crippen molar-refractivity contribution in [3.63, 3.8) is 0 Å². The van der Waals surface area contributed by atoms with E-state index in [1.165, 1.54) is 0 Å². The van der Waals surface area contributed by atoms with Gasteiger partial charge in [-0.05, 0) is 45.5 Å². The number of hydrogen-bond acceptors (Lipinski definition) is 12. The van der Waals surface area contributed by atoms with Crippen LogP contribution in [0.2, 0.25) is 0 Å². The highest BCUT2D eigenvalue weighted by Crippen LogP contribution is 2.34. The zero-order valence-electron chi connectivity index (χ0n) is 40.6. The zero-order chi connectivity index (χ0) is 49.9. The second-order valence-electron chi connectivity index (χ2n) is 18.0. The van der Waals surface area contributed by atoms with Crippen LogP contribution in [0.25, 0.3) is 0 Å². The van der Waals surface area contributed by atoms with Gasteiger partial charge in [0.2, 0.25) is 0 Å². The third-order valence-electron chi connectivity index (χ3n) is 12.7. The predicted molar refractivity (Wildman–Crippen MR) is 272 cm³/mol. The van der Waals surface area contributed by atoms with E-state index in [-0.39, 0.29) is 46.2 Å². The number of esters is 1. The molecule has 12 nitrogen and oxygen atoms in total. The largest absolute Gasteiger partial charge is 0.450 e. The van der Waals surface area contributed by atoms with Crippen molar-refractivity contribution < 1.29 is 57.3 Å². The van der Waals surface area contributed by atoms with E-state index < -0.39 is 67.4 Å². The minimum atomic E-state index is -1.47. The molecule has 2 fully saturated rings. The lowest BCUT2D eigenvalue weighted by atomic mass is 9.97. The minimum Gasteiger partial charge on any atom is -0.450 e. The summed E-state index contributed by atoms with van der Waals surface area (Å²) in [5, 5.41) is 12.0. The zero-order valence-corrected chi connectivity index (χ0v) is 40.6. The number of carbonyl (C=O) groups excluding carboxylic acids is 1. The van der Waals surface area contributed by atoms with E-state index in [4.69, 9.17) is 47.4 Å². The molecular weight excluding hydrogens is 925 g/mol. The van der Waals surface area contributed by atoms with Gasteiger partial charge in [-0.15, -0.1) is 0 Å². The molecule has 2 aliphatic heterocycles. The highest BCUT2D eigenvalue weighted by Gasteiger charge is 2.53. The number of hydrogen-bond donors (Lipinski definition) is 1. The van der Waals surface area contributed by atoms with Crippen molar-refractivity contribution in [2.75, 3.05) is 13.2 Å². The molecule has 0 radical (unpaired) electrons. The second-order valence-corrected chi connectivity index (χ2v) is 18.0. The first-order chi connectivity index (χ1) is 36.0. The molecule has 1 N–H and O–H groups in total. The van der Waals surface area contributed by atoms with Gasteiger partial charge in [-0.1, -0.05) is 200 Å². The highest BCUT2D eigenvalue weighted by atomic mass is 16.7. The SMILES string of the molecule is O=C(O[C@H]1C(OC[C@H]2O[C@H](O)[C@H](OCc3ccccc3)[C@@H](OCc3ccccc3)[C@@H]2OCc2ccccc2)O[C@H](COCc2ccccc2)[C@@H](OCc2ccccc2)[C@@H]1OCc1ccccc1)c1ccccc1. The van der Waals surface area contributed by atoms with E-state index in [1.54, 1.807) is 24.3 Å². The van der Waals surface area contributed by atoms with Crippen LogP contribution in [-0.4, -0.2) is 85.7 Å². The Balaban J connectivity index is 1.05. The third-order valence-corrected chi connectivity index (χ3v) is 12.7. The lowest BCUT2D eigenvalue weighted by Crippen LogP contribution is -2.64. The Morgan fingerprint density at radius 2 is 0.685 bits per heavy atom. The van der Waals surface area contributed by atoms with Crippen LogP contribution < -0.4 is 0 Å². The fourth-order valence-electron chi connectivity index (χ4n) is 8.92. The summed E-state index contributed by atoms with van der Waals surface area (Å²) in [6, 6.07) is 67.4. The average molecular weight is 987 g/mol. The molecule has 0 amide bonds. The van der Waals surface area contributed by atoms with Gasteiger partial charge in [-0.2, -0.15) is 0 Å². The van der Waals surface area contributed by atoms with Crippen molar-refractivity contribution in [3.8, 4) is 0 Å². The van der Waals surface area contributed by atoms with Gasteiger partial charge in [0.1, 0.15) is 42.7 Å². The fraction of sp³-hybridized carbons (Fsp3) is 0.295. The molecule has 0 aliphatic carbocycles. The van der Waals surface area contributed by atoms with E-state index in [9.17, 15) is 9.90 Å². The van der Waals surface area contributed by atoms with Gasteiger partial charge in [-0.3, -0.25) is 0 Å². The molecule has 2 heterocycles. The van der Waals surface area contributed by atoms with Gasteiger partial charge in [0.05, 0.1) is 58.4 Å². The number of rotatable bonds is 24. The van der Waals surface area contributed by atoms with Crippen LogP contribution in [-0.2, 0) is 87.0 Å². The molecule has 73 heavy (non-hydrogen) atoms. The predicted octanol–water partition coefficient (Wildman–Crippen LogP) is 9.81. The Bertz CT molecular complexity index is 2630. The van der Waals surface area contributed by atoms with Crippen molar-refractivity contribution in [3.05, 3.63) is 251 Å². The smallest absolute Gasteiger partial charge is 0.338 e. The molecular formula is C61H62O12. The summed E-state index contributed by atoms with van der Waals surface area (Å²) in [7, 11) is 0. The Hall–Kier alpha value is -6.39. The van der Waals surface area contributed by atoms with Crippen molar-refractivity contribution in [2.24, 2.45) is 0 Å². The maximum Gasteiger partial charge on any atom is 0.338 e. The first-order valence-corrected chi connectivity index (χ1v) is 24.8. The lowest BCUT2D eigenvalue weighted by molar-refractivity contribution is -0.343. The van der Waals surface area contributed by atoms with Crippen molar-refractivity contribution >= 4 is 5.97 Å². The van der Waals surface area contributed by atoms with E-state index in [0.717, 1.165) is 33.4 Å². The molecule has 0 aromatic heterocycles. The first-order valence-electron chi connectivity index (χ1n) is 24.8. The minimum absolute atomic E-state index is 0.0655. The molecule has 2 saturated heterocycles. The quantitative estimate of drug-likeness (QED) is 0.0579. The summed E-state index contributed by atoms with van der Waals surface area (Å²) in [4.78, 5) is 14.3. The summed E-state index contributed by atoms with van der Waals surface area (Å²) in [5.41, 5.74) is 5.87. The summed E-state index contributed by atoms with van der Waals surface area (Å²) in [6.07, 6.45) is -10.2. The molecule has 7 aromatic rings. The first kappa shape index (κ1) is 51.5. The van der Waals surface area contributed by atoms with Gasteiger partial charge >= 0.3 is 5.97 Å².